The Morgan fingerprint density at radius 3 is 2.68 bits per heavy atom. The number of benzene rings is 1. The van der Waals surface area contributed by atoms with E-state index in [1.165, 1.54) is 6.33 Å². The first kappa shape index (κ1) is 13.0. The van der Waals surface area contributed by atoms with E-state index in [-0.39, 0.29) is 12.3 Å². The summed E-state index contributed by atoms with van der Waals surface area (Å²) >= 11 is 0. The van der Waals surface area contributed by atoms with Crippen LogP contribution in [0.1, 0.15) is 12.8 Å². The molecule has 0 fully saturated rings. The molecule has 96 valence electrons. The first-order valence-corrected chi connectivity index (χ1v) is 5.72. The van der Waals surface area contributed by atoms with Gasteiger partial charge in [0.15, 0.2) is 11.6 Å². The second kappa shape index (κ2) is 5.45. The largest absolute Gasteiger partial charge is 0.329 e. The van der Waals surface area contributed by atoms with Gasteiger partial charge in [0.1, 0.15) is 0 Å². The number of imidazole rings is 1. The van der Waals surface area contributed by atoms with Crippen molar-refractivity contribution in [2.75, 3.05) is 0 Å². The molecule has 0 aliphatic carbocycles. The fraction of sp³-hybridized carbons (Fsp3) is 0.308. The van der Waals surface area contributed by atoms with Gasteiger partial charge in [-0.15, -0.1) is 0 Å². The van der Waals surface area contributed by atoms with Crippen molar-refractivity contribution >= 4 is 11.0 Å². The van der Waals surface area contributed by atoms with E-state index < -0.39 is 11.6 Å². The summed E-state index contributed by atoms with van der Waals surface area (Å²) in [5.74, 6) is -2.25. The average molecular weight is 260 g/mol. The molecule has 0 aliphatic rings. The quantitative estimate of drug-likeness (QED) is 0.848. The second-order valence-electron chi connectivity index (χ2n) is 4.17. The zero-order valence-corrected chi connectivity index (χ0v) is 9.98. The van der Waals surface area contributed by atoms with Crippen LogP contribution in [0.2, 0.25) is 0 Å². The molecular weight excluding hydrogens is 250 g/mol. The number of hydrogen-bond acceptors (Lipinski definition) is 3. The summed E-state index contributed by atoms with van der Waals surface area (Å²) in [7, 11) is 0. The lowest BCUT2D eigenvalue weighted by molar-refractivity contribution is 0.506. The molecular formula is C13H10F2N4. The van der Waals surface area contributed by atoms with Crippen molar-refractivity contribution in [3.63, 3.8) is 0 Å². The Morgan fingerprint density at radius 1 is 1.26 bits per heavy atom. The first-order chi connectivity index (χ1) is 9.15. The van der Waals surface area contributed by atoms with E-state index in [1.807, 2.05) is 6.07 Å². The highest BCUT2D eigenvalue weighted by molar-refractivity contribution is 5.75. The van der Waals surface area contributed by atoms with E-state index in [9.17, 15) is 8.78 Å². The van der Waals surface area contributed by atoms with E-state index in [0.717, 1.165) is 12.1 Å². The van der Waals surface area contributed by atoms with Crippen LogP contribution in [0.5, 0.6) is 0 Å². The Bertz CT molecular complexity index is 678. The third-order valence-electron chi connectivity index (χ3n) is 2.87. The van der Waals surface area contributed by atoms with Gasteiger partial charge in [-0.25, -0.2) is 13.8 Å². The molecule has 1 unspecified atom stereocenters. The number of nitrogens with zero attached hydrogens (tertiary/aromatic N) is 4. The molecule has 0 saturated carbocycles. The van der Waals surface area contributed by atoms with Crippen molar-refractivity contribution in [1.82, 2.24) is 9.55 Å². The molecule has 0 saturated heterocycles. The molecule has 6 heteroatoms. The minimum Gasteiger partial charge on any atom is -0.329 e. The third-order valence-corrected chi connectivity index (χ3v) is 2.87. The van der Waals surface area contributed by atoms with Gasteiger partial charge in [0.25, 0.3) is 0 Å². The van der Waals surface area contributed by atoms with Gasteiger partial charge in [-0.1, -0.05) is 0 Å². The number of aromatic nitrogens is 2. The minimum absolute atomic E-state index is 0.286. The average Bonchev–Trinajstić information content (AvgIpc) is 2.77. The Balaban J connectivity index is 2.28. The van der Waals surface area contributed by atoms with Gasteiger partial charge < -0.3 is 4.57 Å². The van der Waals surface area contributed by atoms with Crippen molar-refractivity contribution in [2.24, 2.45) is 5.92 Å². The predicted octanol–water partition coefficient (Wildman–Crippen LogP) is 2.76. The van der Waals surface area contributed by atoms with Crippen LogP contribution in [-0.2, 0) is 6.54 Å². The molecule has 19 heavy (non-hydrogen) atoms. The molecule has 2 aromatic rings. The summed E-state index contributed by atoms with van der Waals surface area (Å²) in [6, 6.07) is 6.17. The first-order valence-electron chi connectivity index (χ1n) is 5.72. The van der Waals surface area contributed by atoms with Gasteiger partial charge in [-0.05, 0) is 6.42 Å². The maximum atomic E-state index is 13.2. The minimum atomic E-state index is -0.945. The molecule has 0 spiro atoms. The number of nitriles is 2. The van der Waals surface area contributed by atoms with Gasteiger partial charge in [-0.2, -0.15) is 10.5 Å². The highest BCUT2D eigenvalue weighted by atomic mass is 19.2. The standard InChI is InChI=1S/C13H10F2N4/c14-10-4-12-13(5-11(10)15)19(8-18-12)7-9(6-17)2-1-3-16/h4-5,8-9H,1-2,7H2. The Kier molecular flexibility index (Phi) is 3.72. The Hall–Kier alpha value is -2.47. The van der Waals surface area contributed by atoms with Gasteiger partial charge in [0.2, 0.25) is 0 Å². The SMILES string of the molecule is N#CCCC(C#N)Cn1cnc2cc(F)c(F)cc21. The summed E-state index contributed by atoms with van der Waals surface area (Å²) < 4.78 is 27.8. The molecule has 4 nitrogen and oxygen atoms in total. The highest BCUT2D eigenvalue weighted by Gasteiger charge is 2.13. The van der Waals surface area contributed by atoms with E-state index in [0.29, 0.717) is 24.0 Å². The lowest BCUT2D eigenvalue weighted by Crippen LogP contribution is -2.08. The van der Waals surface area contributed by atoms with Crippen LogP contribution in [0.15, 0.2) is 18.5 Å². The Labute approximate surface area is 108 Å². The van der Waals surface area contributed by atoms with Gasteiger partial charge in [0, 0.05) is 25.1 Å². The summed E-state index contributed by atoms with van der Waals surface area (Å²) in [6.07, 6.45) is 2.17. The van der Waals surface area contributed by atoms with Crippen LogP contribution < -0.4 is 0 Å². The number of fused-ring (bicyclic) bond motifs is 1. The number of rotatable bonds is 4. The van der Waals surface area contributed by atoms with Crippen molar-refractivity contribution in [2.45, 2.75) is 19.4 Å². The molecule has 0 bridgehead atoms. The van der Waals surface area contributed by atoms with Gasteiger partial charge in [0.05, 0.1) is 35.4 Å². The van der Waals surface area contributed by atoms with Gasteiger partial charge in [-0.3, -0.25) is 0 Å². The third kappa shape index (κ3) is 2.69. The maximum absolute atomic E-state index is 13.2. The normalized spacial score (nSPS) is 12.0. The van der Waals surface area contributed by atoms with E-state index >= 15 is 0 Å². The Morgan fingerprint density at radius 2 is 2.00 bits per heavy atom. The van der Waals surface area contributed by atoms with Gasteiger partial charge >= 0.3 is 0 Å². The molecule has 1 aromatic heterocycles. The zero-order chi connectivity index (χ0) is 13.8. The van der Waals surface area contributed by atoms with Crippen LogP contribution in [-0.4, -0.2) is 9.55 Å². The molecule has 0 radical (unpaired) electrons. The molecule has 0 N–H and O–H groups in total. The topological polar surface area (TPSA) is 65.4 Å². The lowest BCUT2D eigenvalue weighted by atomic mass is 10.1. The molecule has 0 amide bonds. The summed E-state index contributed by atoms with van der Waals surface area (Å²) in [5, 5.41) is 17.5. The van der Waals surface area contributed by atoms with Crippen molar-refractivity contribution < 1.29 is 8.78 Å². The fourth-order valence-corrected chi connectivity index (χ4v) is 1.87. The molecule has 1 heterocycles. The highest BCUT2D eigenvalue weighted by Crippen LogP contribution is 2.19. The fourth-order valence-electron chi connectivity index (χ4n) is 1.87. The van der Waals surface area contributed by atoms with E-state index in [2.05, 4.69) is 11.1 Å². The van der Waals surface area contributed by atoms with Crippen LogP contribution in [0.3, 0.4) is 0 Å². The maximum Gasteiger partial charge on any atom is 0.161 e. The monoisotopic (exact) mass is 260 g/mol. The number of hydrogen-bond donors (Lipinski definition) is 0. The summed E-state index contributed by atoms with van der Waals surface area (Å²) in [6.45, 7) is 0.305. The number of halogens is 2. The predicted molar refractivity (Wildman–Crippen MR) is 63.6 cm³/mol. The van der Waals surface area contributed by atoms with Crippen molar-refractivity contribution in [3.8, 4) is 12.1 Å². The van der Waals surface area contributed by atoms with Crippen LogP contribution >= 0.6 is 0 Å². The van der Waals surface area contributed by atoms with Crippen LogP contribution in [0, 0.1) is 40.2 Å². The van der Waals surface area contributed by atoms with E-state index in [4.69, 9.17) is 10.5 Å². The molecule has 0 aliphatic heterocycles. The van der Waals surface area contributed by atoms with Crippen LogP contribution in [0.25, 0.3) is 11.0 Å². The van der Waals surface area contributed by atoms with E-state index in [1.54, 1.807) is 4.57 Å². The summed E-state index contributed by atoms with van der Waals surface area (Å²) in [5.41, 5.74) is 0.784. The second-order valence-corrected chi connectivity index (χ2v) is 4.17. The summed E-state index contributed by atoms with van der Waals surface area (Å²) in [4.78, 5) is 3.97. The van der Waals surface area contributed by atoms with Crippen molar-refractivity contribution in [3.05, 3.63) is 30.1 Å². The van der Waals surface area contributed by atoms with Crippen LogP contribution in [0.4, 0.5) is 8.78 Å². The lowest BCUT2D eigenvalue weighted by Gasteiger charge is -2.08. The molecule has 1 atom stereocenters. The smallest absolute Gasteiger partial charge is 0.161 e. The zero-order valence-electron chi connectivity index (χ0n) is 9.98. The van der Waals surface area contributed by atoms with Crippen molar-refractivity contribution in [1.29, 1.82) is 10.5 Å². The molecule has 1 aromatic carbocycles. The molecule has 2 rings (SSSR count).